The van der Waals surface area contributed by atoms with E-state index in [1.165, 1.54) is 39.9 Å². The number of benzene rings is 3. The maximum absolute atomic E-state index is 13.2. The summed E-state index contributed by atoms with van der Waals surface area (Å²) in [5.41, 5.74) is 15.1. The number of hydrogen-bond acceptors (Lipinski definition) is 23. The molecule has 82 heavy (non-hydrogen) atoms. The number of nitrogens with one attached hydrogen (secondary N) is 1. The number of phosphoric ester groups is 1. The Bertz CT molecular complexity index is 3300. The van der Waals surface area contributed by atoms with Gasteiger partial charge in [-0.1, -0.05) is 33.7 Å². The molecule has 32 heteroatoms. The van der Waals surface area contributed by atoms with Gasteiger partial charge in [-0.15, -0.1) is 0 Å². The van der Waals surface area contributed by atoms with E-state index in [-0.39, 0.29) is 85.3 Å². The van der Waals surface area contributed by atoms with Crippen molar-refractivity contribution in [3.05, 3.63) is 92.8 Å². The zero-order valence-electron chi connectivity index (χ0n) is 45.1. The van der Waals surface area contributed by atoms with E-state index in [1.54, 1.807) is 43.3 Å². The molecule has 6 rings (SSSR count). The molecule has 2 aromatic carbocycles. The highest BCUT2D eigenvalue weighted by Gasteiger charge is 2.44. The number of ketones is 2. The molecule has 27 nitrogen and oxygen atoms in total. The zero-order chi connectivity index (χ0) is 60.0. The molecule has 1 aliphatic carbocycles. The van der Waals surface area contributed by atoms with Crippen LogP contribution in [-0.2, 0) is 60.1 Å². The van der Waals surface area contributed by atoms with Crippen LogP contribution in [-0.4, -0.2) is 134 Å². The summed E-state index contributed by atoms with van der Waals surface area (Å²) in [6, 6.07) is 12.9. The van der Waals surface area contributed by atoms with Crippen LogP contribution in [0.1, 0.15) is 90.4 Å². The Morgan fingerprint density at radius 1 is 0.829 bits per heavy atom. The summed E-state index contributed by atoms with van der Waals surface area (Å²) >= 11 is 0. The van der Waals surface area contributed by atoms with Crippen molar-refractivity contribution >= 4 is 85.1 Å². The Morgan fingerprint density at radius 2 is 1.49 bits per heavy atom. The molecule has 1 aromatic heterocycles. The van der Waals surface area contributed by atoms with Crippen molar-refractivity contribution < 1.29 is 98.7 Å². The first-order valence-electron chi connectivity index (χ1n) is 25.4. The number of carbonyl (C=O) groups excluding carboxylic acids is 2. The van der Waals surface area contributed by atoms with Gasteiger partial charge >= 0.3 is 35.1 Å². The van der Waals surface area contributed by atoms with Gasteiger partial charge in [0, 0.05) is 82.1 Å². The Balaban J connectivity index is 0.809. The summed E-state index contributed by atoms with van der Waals surface area (Å²) in [5.74, 6) is -1.00. The average Bonchev–Trinajstić information content (AvgIpc) is 2.33. The monoisotopic (exact) mass is 1250 g/mol. The lowest BCUT2D eigenvalue weighted by Crippen LogP contribution is -2.29. The predicted octanol–water partition coefficient (Wildman–Crippen LogP) is 7.32. The molecule has 0 saturated carbocycles. The fraction of sp³-hybridized carbons (Fsp3) is 0.480. The van der Waals surface area contributed by atoms with E-state index in [0.717, 1.165) is 4.57 Å². The van der Waals surface area contributed by atoms with Crippen LogP contribution in [0.4, 0.5) is 11.5 Å². The van der Waals surface area contributed by atoms with E-state index in [1.807, 2.05) is 20.8 Å². The maximum Gasteiger partial charge on any atom is 0.490 e. The number of carbonyl (C=O) groups is 3. The standard InChI is InChI=1S/C50H66N5O22P3S2/c1-30-38(51)11-9-35-45(36-10-12-39(52)31(2)47(36)75-46(30)35)34-8-7-32(26-37(34)48(58)59)40(57)6-5-18-68-20-22-70-24-25-71-23-21-69-19-15-33(56)13-16-50(3,4)82-81-29-72-41-27-44(55-17-14-43(53)54-49(55)60)74-42(41)28-73-79(64,65)77-80(66,67)76-78(61,62)63/h7-12,14,17,26,41-42,44,51H,5-6,13,15-16,18-25,27-29,52H2,1-4H3,(H,58,59)(H,64,65)(H,66,67)(H2,53,54,60)(H2,61,62,63)/t41?,42-,44-/m1/s1. The smallest absolute Gasteiger partial charge is 0.478 e. The van der Waals surface area contributed by atoms with Crippen molar-refractivity contribution in [2.75, 3.05) is 76.9 Å². The number of rotatable bonds is 35. The molecule has 2 aliphatic heterocycles. The molecule has 0 amide bonds. The van der Waals surface area contributed by atoms with Crippen LogP contribution in [0.15, 0.2) is 63.9 Å². The third kappa shape index (κ3) is 19.7. The minimum atomic E-state index is -5.77. The van der Waals surface area contributed by atoms with Crippen molar-refractivity contribution in [2.24, 2.45) is 0 Å². The minimum absolute atomic E-state index is 0.00441. The normalized spacial score (nSPS) is 17.3. The molecule has 0 radical (unpaired) electrons. The van der Waals surface area contributed by atoms with E-state index in [2.05, 4.69) is 13.6 Å². The Morgan fingerprint density at radius 3 is 2.15 bits per heavy atom. The summed E-state index contributed by atoms with van der Waals surface area (Å²) in [6.07, 6.45) is -0.212. The van der Waals surface area contributed by atoms with Gasteiger partial charge in [-0.25, -0.2) is 23.3 Å². The second-order valence-corrected chi connectivity index (χ2v) is 26.5. The van der Waals surface area contributed by atoms with Gasteiger partial charge < -0.3 is 74.4 Å². The number of ether oxygens (including phenoxy) is 6. The number of aromatic carboxylic acids is 1. The van der Waals surface area contributed by atoms with Crippen LogP contribution in [0.3, 0.4) is 0 Å². The topological polar surface area (TPSA) is 411 Å². The van der Waals surface area contributed by atoms with Crippen molar-refractivity contribution in [1.82, 2.24) is 9.55 Å². The van der Waals surface area contributed by atoms with Crippen LogP contribution in [0.5, 0.6) is 0 Å². The van der Waals surface area contributed by atoms with Gasteiger partial charge in [0.15, 0.2) is 5.78 Å². The molecular formula is C50H66N5O22P3S2. The SMILES string of the molecule is Cc1c2oc3c(C)c(N)ccc3c(-c3ccc(C(=O)CCCOCCOCCOCCOCCC(=O)CCC(C)(C)SSCOC4C[C@H](n5ccc(N)nc5=O)O[C@@H]4COP(=O)(O)OP(=O)(O)OP(=O)(O)O)cc3C(=O)O)c-2ccc1=N. The van der Waals surface area contributed by atoms with Gasteiger partial charge in [0.1, 0.15) is 41.2 Å². The highest BCUT2D eigenvalue weighted by Crippen LogP contribution is 2.66. The second kappa shape index (κ2) is 29.9. The van der Waals surface area contributed by atoms with E-state index >= 15 is 0 Å². The molecule has 0 spiro atoms. The van der Waals surface area contributed by atoms with Crippen molar-refractivity contribution in [2.45, 2.75) is 89.4 Å². The number of carboxylic acid groups (broad SMARTS) is 1. The quantitative estimate of drug-likeness (QED) is 0.00374. The first kappa shape index (κ1) is 66.4. The first-order chi connectivity index (χ1) is 38.6. The number of phosphoric acid groups is 3. The number of aryl methyl sites for hydroxylation is 1. The van der Waals surface area contributed by atoms with Crippen molar-refractivity contribution in [1.29, 1.82) is 5.41 Å². The van der Waals surface area contributed by atoms with Gasteiger partial charge in [0.2, 0.25) is 0 Å². The van der Waals surface area contributed by atoms with Crippen LogP contribution < -0.4 is 22.5 Å². The zero-order valence-corrected chi connectivity index (χ0v) is 49.4. The number of anilines is 2. The number of Topliss-reactive ketones (excluding diaryl/α,β-unsaturated/α-hetero) is 2. The summed E-state index contributed by atoms with van der Waals surface area (Å²) in [5, 5.41) is 19.6. The Hall–Kier alpha value is -4.71. The lowest BCUT2D eigenvalue weighted by molar-refractivity contribution is -0.120. The molecular weight excluding hydrogens is 1180 g/mol. The predicted molar refractivity (Wildman–Crippen MR) is 301 cm³/mol. The number of nitrogen functional groups attached to an aromatic ring is 2. The van der Waals surface area contributed by atoms with Gasteiger partial charge in [0.05, 0.1) is 69.9 Å². The lowest BCUT2D eigenvalue weighted by atomic mass is 9.87. The maximum atomic E-state index is 13.2. The molecule has 1 fully saturated rings. The highest BCUT2D eigenvalue weighted by atomic mass is 33.1. The molecule has 3 aromatic rings. The summed E-state index contributed by atoms with van der Waals surface area (Å²) in [4.78, 5) is 91.8. The fourth-order valence-corrected chi connectivity index (χ4v) is 13.7. The third-order valence-corrected chi connectivity index (χ3v) is 19.4. The van der Waals surface area contributed by atoms with E-state index in [0.29, 0.717) is 96.1 Å². The van der Waals surface area contributed by atoms with Crippen molar-refractivity contribution in [3.63, 3.8) is 0 Å². The summed E-state index contributed by atoms with van der Waals surface area (Å²) < 4.78 is 88.6. The lowest BCUT2D eigenvalue weighted by Gasteiger charge is -2.24. The minimum Gasteiger partial charge on any atom is -0.478 e. The number of nitrogens with zero attached hydrogens (tertiary/aromatic N) is 2. The van der Waals surface area contributed by atoms with Gasteiger partial charge in [-0.2, -0.15) is 13.6 Å². The average molecular weight is 1250 g/mol. The molecule has 3 unspecified atom stereocenters. The molecule has 3 aliphatic rings. The van der Waals surface area contributed by atoms with Crippen LogP contribution >= 0.6 is 45.1 Å². The number of fused-ring (bicyclic) bond motifs is 2. The number of carboxylic acids is 1. The first-order valence-corrected chi connectivity index (χ1v) is 32.2. The molecule has 450 valence electrons. The molecule has 3 heterocycles. The van der Waals surface area contributed by atoms with Crippen LogP contribution in [0.2, 0.25) is 0 Å². The molecule has 0 bridgehead atoms. The van der Waals surface area contributed by atoms with E-state index < -0.39 is 64.9 Å². The van der Waals surface area contributed by atoms with Gasteiger partial charge in [-0.3, -0.25) is 18.7 Å². The fourth-order valence-electron chi connectivity index (χ4n) is 8.35. The Kier molecular flexibility index (Phi) is 24.2. The second-order valence-electron chi connectivity index (χ2n) is 19.2. The van der Waals surface area contributed by atoms with Crippen LogP contribution in [0, 0.1) is 19.3 Å². The third-order valence-electron chi connectivity index (χ3n) is 12.6. The van der Waals surface area contributed by atoms with E-state index in [4.69, 9.17) is 64.0 Å². The molecule has 10 N–H and O–H groups in total. The largest absolute Gasteiger partial charge is 0.490 e. The number of aromatic nitrogens is 2. The molecule has 1 saturated heterocycles. The van der Waals surface area contributed by atoms with Gasteiger partial charge in [-0.05, 0) is 82.5 Å². The van der Waals surface area contributed by atoms with E-state index in [9.17, 15) is 47.8 Å². The highest BCUT2D eigenvalue weighted by molar-refractivity contribution is 8.77. The number of hydrogen-bond donors (Lipinski definition) is 8. The summed E-state index contributed by atoms with van der Waals surface area (Å²) in [7, 11) is -14.1. The van der Waals surface area contributed by atoms with Crippen molar-refractivity contribution in [3.8, 4) is 22.5 Å². The summed E-state index contributed by atoms with van der Waals surface area (Å²) in [6.45, 7) is 8.94. The Labute approximate surface area is 478 Å². The number of nitrogens with two attached hydrogens (primary N) is 2. The van der Waals surface area contributed by atoms with Gasteiger partial charge in [0.25, 0.3) is 0 Å². The van der Waals surface area contributed by atoms with Crippen LogP contribution in [0.25, 0.3) is 33.4 Å². The molecule has 5 atom stereocenters.